The minimum Gasteiger partial charge on any atom is -0.351 e. The molecule has 1 saturated heterocycles. The fourth-order valence-corrected chi connectivity index (χ4v) is 2.49. The van der Waals surface area contributed by atoms with Gasteiger partial charge in [0.25, 0.3) is 5.56 Å². The lowest BCUT2D eigenvalue weighted by atomic mass is 10.1. The van der Waals surface area contributed by atoms with Crippen LogP contribution in [0.15, 0.2) is 17.2 Å². The number of halogens is 1. The number of nitrogens with zero attached hydrogens (tertiary/aromatic N) is 3. The van der Waals surface area contributed by atoms with Crippen LogP contribution in [0.25, 0.3) is 0 Å². The summed E-state index contributed by atoms with van der Waals surface area (Å²) in [4.78, 5) is 18.5. The largest absolute Gasteiger partial charge is 0.351 e. The van der Waals surface area contributed by atoms with Crippen molar-refractivity contribution in [2.75, 3.05) is 18.0 Å². The average Bonchev–Trinajstić information content (AvgIpc) is 2.22. The van der Waals surface area contributed by atoms with Crippen molar-refractivity contribution in [3.8, 4) is 0 Å². The second-order valence-electron chi connectivity index (χ2n) is 3.85. The number of hydrogen-bond acceptors (Lipinski definition) is 3. The number of alkyl halides is 1. The van der Waals surface area contributed by atoms with Gasteiger partial charge in [-0.25, -0.2) is 4.98 Å². The molecule has 1 aliphatic heterocycles. The van der Waals surface area contributed by atoms with E-state index in [0.717, 1.165) is 19.5 Å². The number of hydrogen-bond donors (Lipinski definition) is 0. The fourth-order valence-electron chi connectivity index (χ4n) is 1.82. The van der Waals surface area contributed by atoms with Crippen molar-refractivity contribution in [3.05, 3.63) is 22.7 Å². The van der Waals surface area contributed by atoms with Gasteiger partial charge in [-0.1, -0.05) is 15.9 Å². The van der Waals surface area contributed by atoms with Crippen molar-refractivity contribution in [2.45, 2.75) is 17.7 Å². The lowest BCUT2D eigenvalue weighted by molar-refractivity contribution is 0.586. The van der Waals surface area contributed by atoms with E-state index >= 15 is 0 Å². The lowest BCUT2D eigenvalue weighted by Crippen LogP contribution is -2.40. The Morgan fingerprint density at radius 1 is 1.60 bits per heavy atom. The summed E-state index contributed by atoms with van der Waals surface area (Å²) in [7, 11) is 1.75. The Morgan fingerprint density at radius 2 is 2.40 bits per heavy atom. The molecule has 1 aromatic heterocycles. The van der Waals surface area contributed by atoms with Gasteiger partial charge in [-0.15, -0.1) is 0 Å². The Kier molecular flexibility index (Phi) is 3.09. The quantitative estimate of drug-likeness (QED) is 0.720. The zero-order valence-corrected chi connectivity index (χ0v) is 10.3. The molecule has 0 aromatic carbocycles. The molecule has 0 radical (unpaired) electrons. The minimum absolute atomic E-state index is 0.0147. The van der Waals surface area contributed by atoms with Crippen molar-refractivity contribution >= 4 is 21.7 Å². The molecule has 1 atom stereocenters. The van der Waals surface area contributed by atoms with Crippen LogP contribution in [0.4, 0.5) is 5.82 Å². The predicted molar refractivity (Wildman–Crippen MR) is 63.6 cm³/mol. The molecule has 1 unspecified atom stereocenters. The molecule has 5 heteroatoms. The van der Waals surface area contributed by atoms with Crippen molar-refractivity contribution in [1.82, 2.24) is 9.55 Å². The number of rotatable bonds is 1. The van der Waals surface area contributed by atoms with Crippen LogP contribution in [0.3, 0.4) is 0 Å². The Morgan fingerprint density at radius 3 is 3.13 bits per heavy atom. The summed E-state index contributed by atoms with van der Waals surface area (Å²) in [6.07, 6.45) is 5.63. The molecule has 2 rings (SSSR count). The van der Waals surface area contributed by atoms with Crippen molar-refractivity contribution in [1.29, 1.82) is 0 Å². The van der Waals surface area contributed by atoms with Crippen LogP contribution < -0.4 is 10.5 Å². The van der Waals surface area contributed by atoms with Crippen LogP contribution >= 0.6 is 15.9 Å². The first-order valence-corrected chi connectivity index (χ1v) is 6.00. The zero-order chi connectivity index (χ0) is 10.8. The van der Waals surface area contributed by atoms with Crippen molar-refractivity contribution in [2.24, 2.45) is 7.05 Å². The van der Waals surface area contributed by atoms with E-state index in [9.17, 15) is 4.79 Å². The van der Waals surface area contributed by atoms with E-state index < -0.39 is 0 Å². The molecule has 15 heavy (non-hydrogen) atoms. The van der Waals surface area contributed by atoms with Gasteiger partial charge in [0.15, 0.2) is 5.82 Å². The fraction of sp³-hybridized carbons (Fsp3) is 0.600. The molecule has 0 spiro atoms. The van der Waals surface area contributed by atoms with E-state index in [-0.39, 0.29) is 5.56 Å². The first kappa shape index (κ1) is 10.7. The van der Waals surface area contributed by atoms with E-state index in [4.69, 9.17) is 0 Å². The molecule has 2 heterocycles. The van der Waals surface area contributed by atoms with Gasteiger partial charge in [0.1, 0.15) is 0 Å². The minimum atomic E-state index is -0.0147. The maximum absolute atomic E-state index is 11.8. The summed E-state index contributed by atoms with van der Waals surface area (Å²) >= 11 is 3.59. The molecule has 0 N–H and O–H groups in total. The predicted octanol–water partition coefficient (Wildman–Crippen LogP) is 1.14. The smallest absolute Gasteiger partial charge is 0.293 e. The van der Waals surface area contributed by atoms with Crippen LogP contribution in [0.1, 0.15) is 12.8 Å². The molecular weight excluding hydrogens is 258 g/mol. The van der Waals surface area contributed by atoms with Crippen LogP contribution in [0.5, 0.6) is 0 Å². The number of anilines is 1. The van der Waals surface area contributed by atoms with Crippen LogP contribution in [0, 0.1) is 0 Å². The van der Waals surface area contributed by atoms with Crippen molar-refractivity contribution in [3.63, 3.8) is 0 Å². The summed E-state index contributed by atoms with van der Waals surface area (Å²) in [5.74, 6) is 0.573. The molecule has 0 saturated carbocycles. The summed E-state index contributed by atoms with van der Waals surface area (Å²) < 4.78 is 1.57. The topological polar surface area (TPSA) is 38.1 Å². The molecule has 0 aliphatic carbocycles. The Bertz CT molecular complexity index is 404. The summed E-state index contributed by atoms with van der Waals surface area (Å²) in [6, 6.07) is 0. The highest BCUT2D eigenvalue weighted by Gasteiger charge is 2.20. The Labute approximate surface area is 97.1 Å². The van der Waals surface area contributed by atoms with Crippen molar-refractivity contribution < 1.29 is 0 Å². The first-order chi connectivity index (χ1) is 7.18. The maximum Gasteiger partial charge on any atom is 0.293 e. The van der Waals surface area contributed by atoms with Gasteiger partial charge in [-0.2, -0.15) is 0 Å². The molecule has 0 amide bonds. The molecular formula is C10H14BrN3O. The van der Waals surface area contributed by atoms with Gasteiger partial charge in [0.2, 0.25) is 0 Å². The molecule has 82 valence electrons. The third kappa shape index (κ3) is 2.22. The lowest BCUT2D eigenvalue weighted by Gasteiger charge is -2.30. The maximum atomic E-state index is 11.8. The molecule has 4 nitrogen and oxygen atoms in total. The number of aryl methyl sites for hydroxylation is 1. The third-order valence-electron chi connectivity index (χ3n) is 2.66. The molecule has 1 aliphatic rings. The second kappa shape index (κ2) is 4.35. The molecule has 1 fully saturated rings. The van der Waals surface area contributed by atoms with Gasteiger partial charge in [0.05, 0.1) is 0 Å². The SMILES string of the molecule is Cn1ccnc(N2CCCC(Br)C2)c1=O. The number of aromatic nitrogens is 2. The summed E-state index contributed by atoms with van der Waals surface area (Å²) in [5, 5.41) is 0. The highest BCUT2D eigenvalue weighted by molar-refractivity contribution is 9.09. The van der Waals surface area contributed by atoms with Gasteiger partial charge in [-0.05, 0) is 12.8 Å². The van der Waals surface area contributed by atoms with Crippen LogP contribution in [0.2, 0.25) is 0 Å². The van der Waals surface area contributed by atoms with Gasteiger partial charge in [0, 0.05) is 37.4 Å². The van der Waals surface area contributed by atoms with E-state index in [2.05, 4.69) is 25.8 Å². The Hall–Kier alpha value is -0.840. The van der Waals surface area contributed by atoms with E-state index in [0.29, 0.717) is 10.6 Å². The average molecular weight is 272 g/mol. The van der Waals surface area contributed by atoms with Gasteiger partial charge >= 0.3 is 0 Å². The first-order valence-electron chi connectivity index (χ1n) is 5.09. The normalized spacial score (nSPS) is 21.7. The molecule has 1 aromatic rings. The summed E-state index contributed by atoms with van der Waals surface area (Å²) in [5.41, 5.74) is -0.0147. The van der Waals surface area contributed by atoms with Gasteiger partial charge < -0.3 is 9.47 Å². The van der Waals surface area contributed by atoms with E-state index in [1.807, 2.05) is 0 Å². The van der Waals surface area contributed by atoms with Crippen LogP contribution in [-0.2, 0) is 7.05 Å². The zero-order valence-electron chi connectivity index (χ0n) is 8.69. The van der Waals surface area contributed by atoms with Crippen LogP contribution in [-0.4, -0.2) is 27.5 Å². The number of piperidine rings is 1. The van der Waals surface area contributed by atoms with E-state index in [1.165, 1.54) is 6.42 Å². The molecule has 0 bridgehead atoms. The highest BCUT2D eigenvalue weighted by Crippen LogP contribution is 2.19. The van der Waals surface area contributed by atoms with Gasteiger partial charge in [-0.3, -0.25) is 4.79 Å². The standard InChI is InChI=1S/C10H14BrN3O/c1-13-6-4-12-9(10(13)15)14-5-2-3-8(11)7-14/h4,6,8H,2-3,5,7H2,1H3. The monoisotopic (exact) mass is 271 g/mol. The summed E-state index contributed by atoms with van der Waals surface area (Å²) in [6.45, 7) is 1.79. The highest BCUT2D eigenvalue weighted by atomic mass is 79.9. The second-order valence-corrected chi connectivity index (χ2v) is 5.15. The van der Waals surface area contributed by atoms with E-state index in [1.54, 1.807) is 24.0 Å². The third-order valence-corrected chi connectivity index (χ3v) is 3.41. The Balaban J connectivity index is 2.29.